The molecule has 0 aromatic carbocycles. The number of hydrogen-bond donors (Lipinski definition) is 2. The summed E-state index contributed by atoms with van der Waals surface area (Å²) in [6.07, 6.45) is 2.21. The average Bonchev–Trinajstić information content (AvgIpc) is 3.06. The van der Waals surface area contributed by atoms with Crippen LogP contribution in [0.4, 0.5) is 5.82 Å². The molecule has 2 saturated heterocycles. The fourth-order valence-corrected chi connectivity index (χ4v) is 3.90. The summed E-state index contributed by atoms with van der Waals surface area (Å²) in [5, 5.41) is 7.02. The Hall–Kier alpha value is -1.13. The number of hydrogen-bond acceptors (Lipinski definition) is 5. The van der Waals surface area contributed by atoms with Crippen molar-refractivity contribution in [3.05, 3.63) is 23.9 Å². The highest BCUT2D eigenvalue weighted by atomic mass is 127. The largest absolute Gasteiger partial charge is 0.375 e. The Kier molecular flexibility index (Phi) is 9.42. The highest BCUT2D eigenvalue weighted by molar-refractivity contribution is 14.0. The molecule has 8 heteroatoms. The number of nitrogens with one attached hydrogen (secondary N) is 2. The molecule has 3 atom stereocenters. The molecule has 0 aliphatic carbocycles. The van der Waals surface area contributed by atoms with Gasteiger partial charge < -0.3 is 20.3 Å². The minimum atomic E-state index is 0. The predicted molar refractivity (Wildman–Crippen MR) is 130 cm³/mol. The standard InChI is InChI=1S/C21H36N6O.HI/c1-15(2)27-12-16(3)19(14-27)25-21(22-5)24-11-18-6-7-20(23-10-18)26-8-9-28-17(4)13-26;/h6-7,10,15-17,19H,8-9,11-14H2,1-5H3,(H2,22,24,25);1H. The van der Waals surface area contributed by atoms with E-state index in [4.69, 9.17) is 4.74 Å². The number of rotatable bonds is 5. The molecule has 29 heavy (non-hydrogen) atoms. The predicted octanol–water partition coefficient (Wildman–Crippen LogP) is 2.32. The van der Waals surface area contributed by atoms with Crippen LogP contribution < -0.4 is 15.5 Å². The second kappa shape index (κ2) is 11.3. The Labute approximate surface area is 192 Å². The van der Waals surface area contributed by atoms with Crippen LogP contribution in [-0.4, -0.2) is 73.9 Å². The van der Waals surface area contributed by atoms with E-state index in [0.717, 1.165) is 50.1 Å². The quantitative estimate of drug-likeness (QED) is 0.356. The summed E-state index contributed by atoms with van der Waals surface area (Å²) in [5.74, 6) is 2.49. The Morgan fingerprint density at radius 2 is 2.07 bits per heavy atom. The minimum Gasteiger partial charge on any atom is -0.375 e. The summed E-state index contributed by atoms with van der Waals surface area (Å²) < 4.78 is 5.61. The summed E-state index contributed by atoms with van der Waals surface area (Å²) in [5.41, 5.74) is 1.15. The molecule has 0 bridgehead atoms. The molecular formula is C21H37IN6O. The van der Waals surface area contributed by atoms with Crippen LogP contribution in [0.1, 0.15) is 33.3 Å². The monoisotopic (exact) mass is 516 g/mol. The van der Waals surface area contributed by atoms with Gasteiger partial charge in [0, 0.05) is 58.1 Å². The van der Waals surface area contributed by atoms with Crippen molar-refractivity contribution in [3.8, 4) is 0 Å². The van der Waals surface area contributed by atoms with Crippen molar-refractivity contribution in [3.63, 3.8) is 0 Å². The molecule has 164 valence electrons. The molecule has 2 N–H and O–H groups in total. The lowest BCUT2D eigenvalue weighted by Crippen LogP contribution is -2.46. The second-order valence-electron chi connectivity index (χ2n) is 8.35. The zero-order valence-electron chi connectivity index (χ0n) is 18.4. The van der Waals surface area contributed by atoms with Crippen LogP contribution in [0.2, 0.25) is 0 Å². The number of guanidine groups is 1. The molecule has 3 heterocycles. The molecule has 2 aliphatic rings. The van der Waals surface area contributed by atoms with Gasteiger partial charge in [-0.25, -0.2) is 4.98 Å². The molecule has 1 aromatic heterocycles. The zero-order chi connectivity index (χ0) is 20.1. The number of likely N-dealkylation sites (tertiary alicyclic amines) is 1. The van der Waals surface area contributed by atoms with Crippen LogP contribution in [0.25, 0.3) is 0 Å². The van der Waals surface area contributed by atoms with E-state index in [1.807, 2.05) is 13.2 Å². The third-order valence-corrected chi connectivity index (χ3v) is 5.75. The first-order valence-electron chi connectivity index (χ1n) is 10.5. The first-order chi connectivity index (χ1) is 13.5. The molecule has 3 rings (SSSR count). The lowest BCUT2D eigenvalue weighted by Gasteiger charge is -2.32. The fourth-order valence-electron chi connectivity index (χ4n) is 3.90. The fraction of sp³-hybridized carbons (Fsp3) is 0.714. The maximum absolute atomic E-state index is 5.61. The van der Waals surface area contributed by atoms with Crippen molar-refractivity contribution in [2.24, 2.45) is 10.9 Å². The van der Waals surface area contributed by atoms with Crippen LogP contribution in [-0.2, 0) is 11.3 Å². The van der Waals surface area contributed by atoms with Crippen LogP contribution >= 0.6 is 24.0 Å². The SMILES string of the molecule is CN=C(NCc1ccc(N2CCOC(C)C2)nc1)NC1CN(C(C)C)CC1C.I. The molecule has 0 spiro atoms. The summed E-state index contributed by atoms with van der Waals surface area (Å²) in [7, 11) is 1.83. The van der Waals surface area contributed by atoms with Crippen molar-refractivity contribution >= 4 is 35.8 Å². The van der Waals surface area contributed by atoms with Gasteiger partial charge in [-0.2, -0.15) is 0 Å². The van der Waals surface area contributed by atoms with Gasteiger partial charge in [-0.1, -0.05) is 13.0 Å². The van der Waals surface area contributed by atoms with Crippen molar-refractivity contribution in [1.29, 1.82) is 0 Å². The summed E-state index contributed by atoms with van der Waals surface area (Å²) in [6.45, 7) is 14.4. The average molecular weight is 516 g/mol. The van der Waals surface area contributed by atoms with Gasteiger partial charge in [0.05, 0.1) is 12.7 Å². The van der Waals surface area contributed by atoms with E-state index in [-0.39, 0.29) is 30.1 Å². The van der Waals surface area contributed by atoms with Gasteiger partial charge in [0.25, 0.3) is 0 Å². The topological polar surface area (TPSA) is 65.0 Å². The van der Waals surface area contributed by atoms with E-state index in [0.29, 0.717) is 24.5 Å². The molecule has 0 radical (unpaired) electrons. The number of halogens is 1. The Morgan fingerprint density at radius 3 is 2.66 bits per heavy atom. The first-order valence-corrected chi connectivity index (χ1v) is 10.5. The smallest absolute Gasteiger partial charge is 0.191 e. The van der Waals surface area contributed by atoms with E-state index in [1.165, 1.54) is 0 Å². The zero-order valence-corrected chi connectivity index (χ0v) is 20.7. The molecule has 2 fully saturated rings. The Bertz CT molecular complexity index is 653. The van der Waals surface area contributed by atoms with Crippen molar-refractivity contribution in [1.82, 2.24) is 20.5 Å². The molecule has 0 saturated carbocycles. The van der Waals surface area contributed by atoms with E-state index < -0.39 is 0 Å². The third kappa shape index (κ3) is 6.68. The van der Waals surface area contributed by atoms with Crippen LogP contribution in [0.3, 0.4) is 0 Å². The van der Waals surface area contributed by atoms with E-state index in [1.54, 1.807) is 0 Å². The third-order valence-electron chi connectivity index (χ3n) is 5.75. The molecular weight excluding hydrogens is 479 g/mol. The Morgan fingerprint density at radius 1 is 1.28 bits per heavy atom. The first kappa shape index (κ1) is 24.1. The van der Waals surface area contributed by atoms with Gasteiger partial charge in [0.1, 0.15) is 5.82 Å². The van der Waals surface area contributed by atoms with Gasteiger partial charge in [0.15, 0.2) is 5.96 Å². The molecule has 7 nitrogen and oxygen atoms in total. The van der Waals surface area contributed by atoms with E-state index in [2.05, 4.69) is 70.2 Å². The maximum Gasteiger partial charge on any atom is 0.191 e. The summed E-state index contributed by atoms with van der Waals surface area (Å²) in [4.78, 5) is 13.9. The number of aromatic nitrogens is 1. The number of anilines is 1. The lowest BCUT2D eigenvalue weighted by atomic mass is 10.1. The van der Waals surface area contributed by atoms with Gasteiger partial charge in [-0.15, -0.1) is 24.0 Å². The van der Waals surface area contributed by atoms with Crippen LogP contribution in [0, 0.1) is 5.92 Å². The van der Waals surface area contributed by atoms with Crippen molar-refractivity contribution < 1.29 is 4.74 Å². The molecule has 1 aromatic rings. The van der Waals surface area contributed by atoms with Gasteiger partial charge in [-0.3, -0.25) is 9.89 Å². The van der Waals surface area contributed by atoms with Crippen molar-refractivity contribution in [2.45, 2.75) is 52.4 Å². The number of pyridine rings is 1. The minimum absolute atomic E-state index is 0. The van der Waals surface area contributed by atoms with Crippen LogP contribution in [0.15, 0.2) is 23.3 Å². The number of ether oxygens (including phenoxy) is 1. The number of aliphatic imine (C=N–C) groups is 1. The van der Waals surface area contributed by atoms with Crippen LogP contribution in [0.5, 0.6) is 0 Å². The molecule has 3 unspecified atom stereocenters. The second-order valence-corrected chi connectivity index (χ2v) is 8.35. The normalized spacial score (nSPS) is 25.8. The van der Waals surface area contributed by atoms with Gasteiger partial charge in [0.2, 0.25) is 0 Å². The van der Waals surface area contributed by atoms with E-state index in [9.17, 15) is 0 Å². The highest BCUT2D eigenvalue weighted by Crippen LogP contribution is 2.19. The molecule has 2 aliphatic heterocycles. The lowest BCUT2D eigenvalue weighted by molar-refractivity contribution is 0.0529. The summed E-state index contributed by atoms with van der Waals surface area (Å²) >= 11 is 0. The molecule has 0 amide bonds. The Balaban J connectivity index is 0.00000300. The summed E-state index contributed by atoms with van der Waals surface area (Å²) in [6, 6.07) is 5.26. The number of morpholine rings is 1. The number of nitrogens with zero attached hydrogens (tertiary/aromatic N) is 4. The van der Waals surface area contributed by atoms with E-state index >= 15 is 0 Å². The van der Waals surface area contributed by atoms with Gasteiger partial charge >= 0.3 is 0 Å². The highest BCUT2D eigenvalue weighted by Gasteiger charge is 2.31. The van der Waals surface area contributed by atoms with Crippen molar-refractivity contribution in [2.75, 3.05) is 44.7 Å². The maximum atomic E-state index is 5.61. The van der Waals surface area contributed by atoms with Gasteiger partial charge in [-0.05, 0) is 38.3 Å².